The molecule has 2 aromatic carbocycles. The molecule has 5 nitrogen and oxygen atoms in total. The van der Waals surface area contributed by atoms with E-state index in [9.17, 15) is 9.59 Å². The third kappa shape index (κ3) is 4.88. The molecule has 1 heterocycles. The van der Waals surface area contributed by atoms with Gasteiger partial charge in [-0.3, -0.25) is 9.59 Å². The van der Waals surface area contributed by atoms with E-state index >= 15 is 0 Å². The third-order valence-corrected chi connectivity index (χ3v) is 4.66. The molecule has 5 heteroatoms. The first kappa shape index (κ1) is 19.0. The average molecular weight is 366 g/mol. The van der Waals surface area contributed by atoms with Crippen LogP contribution in [0.2, 0.25) is 0 Å². The number of hydrogen-bond donors (Lipinski definition) is 2. The number of amides is 2. The van der Waals surface area contributed by atoms with Gasteiger partial charge in [0.1, 0.15) is 11.9 Å². The monoisotopic (exact) mass is 366 g/mol. The number of para-hydroxylation sites is 1. The predicted octanol–water partition coefficient (Wildman–Crippen LogP) is 2.83. The van der Waals surface area contributed by atoms with E-state index in [-0.39, 0.29) is 29.9 Å². The van der Waals surface area contributed by atoms with Crippen molar-refractivity contribution in [2.45, 2.75) is 38.7 Å². The summed E-state index contributed by atoms with van der Waals surface area (Å²) in [5.41, 5.74) is 2.90. The van der Waals surface area contributed by atoms with Crippen LogP contribution in [0.25, 0.3) is 0 Å². The largest absolute Gasteiger partial charge is 0.488 e. The molecule has 0 bridgehead atoms. The van der Waals surface area contributed by atoms with Gasteiger partial charge in [0, 0.05) is 12.0 Å². The van der Waals surface area contributed by atoms with Gasteiger partial charge in [-0.1, -0.05) is 51.1 Å². The minimum Gasteiger partial charge on any atom is -0.488 e. The third-order valence-electron chi connectivity index (χ3n) is 4.66. The first-order chi connectivity index (χ1) is 12.8. The fourth-order valence-electron chi connectivity index (χ4n) is 3.04. The number of fused-ring (bicyclic) bond motifs is 1. The lowest BCUT2D eigenvalue weighted by atomic mass is 9.87. The van der Waals surface area contributed by atoms with E-state index in [0.717, 1.165) is 23.3 Å². The molecule has 2 amide bonds. The van der Waals surface area contributed by atoms with Crippen molar-refractivity contribution >= 4 is 11.8 Å². The molecule has 2 N–H and O–H groups in total. The summed E-state index contributed by atoms with van der Waals surface area (Å²) in [6.07, 6.45) is 0.718. The number of ether oxygens (including phenoxy) is 1. The van der Waals surface area contributed by atoms with Gasteiger partial charge >= 0.3 is 0 Å². The van der Waals surface area contributed by atoms with Gasteiger partial charge in [-0.25, -0.2) is 0 Å². The minimum absolute atomic E-state index is 0.0386. The summed E-state index contributed by atoms with van der Waals surface area (Å²) in [4.78, 5) is 24.2. The van der Waals surface area contributed by atoms with Gasteiger partial charge in [-0.15, -0.1) is 0 Å². The Hall–Kier alpha value is -2.82. The molecular formula is C22H26N2O3. The van der Waals surface area contributed by atoms with Gasteiger partial charge in [-0.05, 0) is 34.7 Å². The Morgan fingerprint density at radius 3 is 2.41 bits per heavy atom. The smallest absolute Gasteiger partial charge is 0.251 e. The molecule has 1 aliphatic rings. The maximum Gasteiger partial charge on any atom is 0.251 e. The molecule has 0 radical (unpaired) electrons. The Balaban J connectivity index is 1.42. The van der Waals surface area contributed by atoms with E-state index in [2.05, 4.69) is 31.4 Å². The maximum atomic E-state index is 12.2. The molecule has 1 aliphatic heterocycles. The average Bonchev–Trinajstić information content (AvgIpc) is 3.07. The lowest BCUT2D eigenvalue weighted by molar-refractivity contribution is -0.120. The lowest BCUT2D eigenvalue weighted by Gasteiger charge is -2.19. The molecule has 1 unspecified atom stereocenters. The summed E-state index contributed by atoms with van der Waals surface area (Å²) >= 11 is 0. The summed E-state index contributed by atoms with van der Waals surface area (Å²) in [7, 11) is 0. The van der Waals surface area contributed by atoms with E-state index in [1.807, 2.05) is 36.4 Å². The zero-order valence-electron chi connectivity index (χ0n) is 16.0. The number of carbonyl (C=O) groups is 2. The van der Waals surface area contributed by atoms with Gasteiger partial charge in [0.25, 0.3) is 5.91 Å². The highest BCUT2D eigenvalue weighted by Gasteiger charge is 2.22. The van der Waals surface area contributed by atoms with Crippen LogP contribution in [0, 0.1) is 0 Å². The number of hydrogen-bond acceptors (Lipinski definition) is 3. The predicted molar refractivity (Wildman–Crippen MR) is 105 cm³/mol. The van der Waals surface area contributed by atoms with Gasteiger partial charge in [-0.2, -0.15) is 0 Å². The summed E-state index contributed by atoms with van der Waals surface area (Å²) in [5, 5.41) is 5.47. The van der Waals surface area contributed by atoms with Gasteiger partial charge in [0.05, 0.1) is 13.1 Å². The normalized spacial score (nSPS) is 15.6. The molecule has 27 heavy (non-hydrogen) atoms. The Bertz CT molecular complexity index is 797. The van der Waals surface area contributed by atoms with Crippen molar-refractivity contribution in [1.82, 2.24) is 10.6 Å². The molecule has 0 aliphatic carbocycles. The van der Waals surface area contributed by atoms with Crippen molar-refractivity contribution in [2.75, 3.05) is 13.1 Å². The van der Waals surface area contributed by atoms with Crippen LogP contribution in [0.3, 0.4) is 0 Å². The Morgan fingerprint density at radius 2 is 1.74 bits per heavy atom. The first-order valence-corrected chi connectivity index (χ1v) is 9.23. The highest BCUT2D eigenvalue weighted by molar-refractivity contribution is 5.96. The summed E-state index contributed by atoms with van der Waals surface area (Å²) in [6.45, 7) is 6.74. The van der Waals surface area contributed by atoms with E-state index < -0.39 is 0 Å². The van der Waals surface area contributed by atoms with E-state index in [4.69, 9.17) is 4.74 Å². The van der Waals surface area contributed by atoms with E-state index in [0.29, 0.717) is 12.1 Å². The Kier molecular flexibility index (Phi) is 5.49. The molecule has 2 aromatic rings. The molecule has 0 saturated carbocycles. The van der Waals surface area contributed by atoms with Gasteiger partial charge in [0.15, 0.2) is 0 Å². The van der Waals surface area contributed by atoms with E-state index in [1.54, 1.807) is 12.1 Å². The van der Waals surface area contributed by atoms with Crippen molar-refractivity contribution in [3.8, 4) is 5.75 Å². The van der Waals surface area contributed by atoms with E-state index in [1.165, 1.54) is 0 Å². The summed E-state index contributed by atoms with van der Waals surface area (Å²) < 4.78 is 5.79. The molecule has 1 atom stereocenters. The zero-order valence-corrected chi connectivity index (χ0v) is 16.0. The van der Waals surface area contributed by atoms with Crippen molar-refractivity contribution < 1.29 is 14.3 Å². The second-order valence-corrected chi connectivity index (χ2v) is 7.87. The molecule has 0 fully saturated rings. The Morgan fingerprint density at radius 1 is 1.04 bits per heavy atom. The topological polar surface area (TPSA) is 67.4 Å². The van der Waals surface area contributed by atoms with Crippen LogP contribution < -0.4 is 15.4 Å². The van der Waals surface area contributed by atoms with Crippen molar-refractivity contribution in [3.63, 3.8) is 0 Å². The fraction of sp³-hybridized carbons (Fsp3) is 0.364. The van der Waals surface area contributed by atoms with Crippen LogP contribution in [-0.4, -0.2) is 31.0 Å². The standard InChI is InChI=1S/C22H26N2O3/c1-22(2,3)17-10-8-15(9-11-17)21(26)24-14-20(25)23-13-18-12-16-6-4-5-7-19(16)27-18/h4-11,18H,12-14H2,1-3H3,(H,23,25)(H,24,26). The lowest BCUT2D eigenvalue weighted by Crippen LogP contribution is -2.41. The number of benzene rings is 2. The molecule has 142 valence electrons. The molecule has 0 spiro atoms. The van der Waals surface area contributed by atoms with Crippen LogP contribution in [0.4, 0.5) is 0 Å². The highest BCUT2D eigenvalue weighted by Crippen LogP contribution is 2.27. The summed E-state index contributed by atoms with van der Waals surface area (Å²) in [5.74, 6) is 0.396. The second kappa shape index (κ2) is 7.82. The van der Waals surface area contributed by atoms with Crippen LogP contribution in [0.15, 0.2) is 48.5 Å². The number of nitrogens with one attached hydrogen (secondary N) is 2. The molecule has 0 saturated heterocycles. The molecular weight excluding hydrogens is 340 g/mol. The van der Waals surface area contributed by atoms with Crippen LogP contribution in [-0.2, 0) is 16.6 Å². The minimum atomic E-state index is -0.255. The van der Waals surface area contributed by atoms with Crippen LogP contribution >= 0.6 is 0 Å². The quantitative estimate of drug-likeness (QED) is 0.855. The molecule has 0 aromatic heterocycles. The maximum absolute atomic E-state index is 12.2. The van der Waals surface area contributed by atoms with Crippen LogP contribution in [0.1, 0.15) is 42.3 Å². The SMILES string of the molecule is CC(C)(C)c1ccc(C(=O)NCC(=O)NCC2Cc3ccccc3O2)cc1. The number of rotatable bonds is 5. The van der Waals surface area contributed by atoms with Crippen LogP contribution in [0.5, 0.6) is 5.75 Å². The zero-order chi connectivity index (χ0) is 19.4. The van der Waals surface area contributed by atoms with Crippen molar-refractivity contribution in [3.05, 3.63) is 65.2 Å². The fourth-order valence-corrected chi connectivity index (χ4v) is 3.04. The van der Waals surface area contributed by atoms with Gasteiger partial charge in [0.2, 0.25) is 5.91 Å². The second-order valence-electron chi connectivity index (χ2n) is 7.87. The molecule has 3 rings (SSSR count). The van der Waals surface area contributed by atoms with Crippen molar-refractivity contribution in [1.29, 1.82) is 0 Å². The highest BCUT2D eigenvalue weighted by atomic mass is 16.5. The van der Waals surface area contributed by atoms with Gasteiger partial charge < -0.3 is 15.4 Å². The van der Waals surface area contributed by atoms with Crippen molar-refractivity contribution in [2.24, 2.45) is 0 Å². The first-order valence-electron chi connectivity index (χ1n) is 9.23. The Labute approximate surface area is 160 Å². The summed E-state index contributed by atoms with van der Waals surface area (Å²) in [6, 6.07) is 15.4. The number of carbonyl (C=O) groups excluding carboxylic acids is 2.